The average molecular weight is 368 g/mol. The van der Waals surface area contributed by atoms with Gasteiger partial charge in [0.05, 0.1) is 17.1 Å². The van der Waals surface area contributed by atoms with Gasteiger partial charge in [0, 0.05) is 11.3 Å². The van der Waals surface area contributed by atoms with E-state index in [1.54, 1.807) is 12.1 Å². The molecule has 138 valence electrons. The number of nitrogens with one attached hydrogen (secondary N) is 1. The van der Waals surface area contributed by atoms with Crippen LogP contribution in [0.4, 0.5) is 10.5 Å². The summed E-state index contributed by atoms with van der Waals surface area (Å²) < 4.78 is 1.90. The summed E-state index contributed by atoms with van der Waals surface area (Å²) >= 11 is 0. The zero-order chi connectivity index (χ0) is 19.5. The van der Waals surface area contributed by atoms with Crippen molar-refractivity contribution in [1.29, 1.82) is 0 Å². The van der Waals surface area contributed by atoms with Gasteiger partial charge in [0.1, 0.15) is 0 Å². The number of rotatable bonds is 4. The summed E-state index contributed by atoms with van der Waals surface area (Å²) in [5.74, 6) is 0. The highest BCUT2D eigenvalue weighted by Gasteiger charge is 2.10. The summed E-state index contributed by atoms with van der Waals surface area (Å²) in [6.45, 7) is 1.97. The van der Waals surface area contributed by atoms with Crippen LogP contribution in [0, 0.1) is 6.92 Å². The van der Waals surface area contributed by atoms with Gasteiger partial charge in [-0.05, 0) is 48.4 Å². The standard InChI is InChI=1S/C23H20N4O/c1-16-15-22(19-9-7-18(8-10-19)17-5-3-2-4-6-17)27(26-16)21-13-11-20(12-14-21)25-23(24)28/h2-15H,1H3,(H3,24,25,28). The minimum atomic E-state index is -0.582. The molecule has 4 aromatic rings. The van der Waals surface area contributed by atoms with Gasteiger partial charge in [-0.1, -0.05) is 54.6 Å². The number of hydrogen-bond acceptors (Lipinski definition) is 2. The van der Waals surface area contributed by atoms with Crippen LogP contribution in [0.5, 0.6) is 0 Å². The molecule has 0 atom stereocenters. The maximum absolute atomic E-state index is 11.0. The van der Waals surface area contributed by atoms with Crippen molar-refractivity contribution in [1.82, 2.24) is 9.78 Å². The monoisotopic (exact) mass is 368 g/mol. The number of urea groups is 1. The van der Waals surface area contributed by atoms with E-state index < -0.39 is 6.03 Å². The number of aromatic nitrogens is 2. The van der Waals surface area contributed by atoms with Gasteiger partial charge in [0.2, 0.25) is 0 Å². The van der Waals surface area contributed by atoms with Crippen molar-refractivity contribution >= 4 is 11.7 Å². The normalized spacial score (nSPS) is 10.6. The fourth-order valence-electron chi connectivity index (χ4n) is 3.19. The van der Waals surface area contributed by atoms with Crippen LogP contribution in [-0.2, 0) is 0 Å². The zero-order valence-electron chi connectivity index (χ0n) is 15.5. The van der Waals surface area contributed by atoms with E-state index in [-0.39, 0.29) is 0 Å². The first-order chi connectivity index (χ1) is 13.6. The lowest BCUT2D eigenvalue weighted by Crippen LogP contribution is -2.19. The molecule has 0 unspecified atom stereocenters. The molecule has 0 bridgehead atoms. The molecule has 1 heterocycles. The Kier molecular flexibility index (Phi) is 4.64. The molecule has 0 aliphatic rings. The smallest absolute Gasteiger partial charge is 0.316 e. The first-order valence-electron chi connectivity index (χ1n) is 8.99. The number of anilines is 1. The Bertz CT molecular complexity index is 1100. The van der Waals surface area contributed by atoms with Crippen LogP contribution in [0.25, 0.3) is 28.1 Å². The topological polar surface area (TPSA) is 72.9 Å². The summed E-state index contributed by atoms with van der Waals surface area (Å²) in [5, 5.41) is 7.20. The number of carbonyl (C=O) groups is 1. The SMILES string of the molecule is Cc1cc(-c2ccc(-c3ccccc3)cc2)n(-c2ccc(NC(N)=O)cc2)n1. The fraction of sp³-hybridized carbons (Fsp3) is 0.0435. The Hall–Kier alpha value is -3.86. The first-order valence-corrected chi connectivity index (χ1v) is 8.99. The Morgan fingerprint density at radius 3 is 2.11 bits per heavy atom. The minimum absolute atomic E-state index is 0.582. The van der Waals surface area contributed by atoms with E-state index in [9.17, 15) is 4.79 Å². The Labute approximate surface area is 163 Å². The van der Waals surface area contributed by atoms with Crippen LogP contribution in [0.1, 0.15) is 5.69 Å². The largest absolute Gasteiger partial charge is 0.351 e. The van der Waals surface area contributed by atoms with Crippen LogP contribution in [0.15, 0.2) is 84.9 Å². The summed E-state index contributed by atoms with van der Waals surface area (Å²) in [6.07, 6.45) is 0. The highest BCUT2D eigenvalue weighted by atomic mass is 16.2. The molecule has 3 aromatic carbocycles. The summed E-state index contributed by atoms with van der Waals surface area (Å²) in [4.78, 5) is 11.0. The predicted octanol–water partition coefficient (Wildman–Crippen LogP) is 5.01. The van der Waals surface area contributed by atoms with E-state index in [2.05, 4.69) is 52.9 Å². The highest BCUT2D eigenvalue weighted by Crippen LogP contribution is 2.27. The first kappa shape index (κ1) is 17.5. The second kappa shape index (κ2) is 7.40. The van der Waals surface area contributed by atoms with Crippen LogP contribution in [-0.4, -0.2) is 15.8 Å². The number of carbonyl (C=O) groups excluding carboxylic acids is 1. The van der Waals surface area contributed by atoms with Gasteiger partial charge >= 0.3 is 6.03 Å². The Balaban J connectivity index is 1.67. The molecule has 0 saturated heterocycles. The number of hydrogen-bond donors (Lipinski definition) is 2. The highest BCUT2D eigenvalue weighted by molar-refractivity contribution is 5.87. The number of benzene rings is 3. The van der Waals surface area contributed by atoms with Crippen molar-refractivity contribution in [2.45, 2.75) is 6.92 Å². The fourth-order valence-corrected chi connectivity index (χ4v) is 3.19. The lowest BCUT2D eigenvalue weighted by molar-refractivity contribution is 0.259. The molecule has 3 N–H and O–H groups in total. The molecule has 0 spiro atoms. The molecule has 28 heavy (non-hydrogen) atoms. The van der Waals surface area contributed by atoms with Gasteiger partial charge in [-0.15, -0.1) is 0 Å². The van der Waals surface area contributed by atoms with Gasteiger partial charge in [-0.3, -0.25) is 0 Å². The molecule has 0 aliphatic carbocycles. The van der Waals surface area contributed by atoms with Gasteiger partial charge in [-0.25, -0.2) is 9.48 Å². The van der Waals surface area contributed by atoms with Crippen molar-refractivity contribution in [3.05, 3.63) is 90.6 Å². The molecule has 0 saturated carbocycles. The molecular weight excluding hydrogens is 348 g/mol. The lowest BCUT2D eigenvalue weighted by atomic mass is 10.0. The lowest BCUT2D eigenvalue weighted by Gasteiger charge is -2.10. The zero-order valence-corrected chi connectivity index (χ0v) is 15.5. The molecule has 2 amide bonds. The molecule has 0 fully saturated rings. The van der Waals surface area contributed by atoms with Crippen LogP contribution >= 0.6 is 0 Å². The quantitative estimate of drug-likeness (QED) is 0.532. The van der Waals surface area contributed by atoms with Gasteiger partial charge < -0.3 is 11.1 Å². The molecule has 5 heteroatoms. The van der Waals surface area contributed by atoms with Gasteiger partial charge in [0.15, 0.2) is 0 Å². The Morgan fingerprint density at radius 1 is 0.857 bits per heavy atom. The van der Waals surface area contributed by atoms with E-state index >= 15 is 0 Å². The number of aryl methyl sites for hydroxylation is 1. The molecule has 4 rings (SSSR count). The van der Waals surface area contributed by atoms with E-state index in [0.29, 0.717) is 5.69 Å². The van der Waals surface area contributed by atoms with Gasteiger partial charge in [0.25, 0.3) is 0 Å². The van der Waals surface area contributed by atoms with Crippen LogP contribution in [0.3, 0.4) is 0 Å². The average Bonchev–Trinajstić information content (AvgIpc) is 3.11. The summed E-state index contributed by atoms with van der Waals surface area (Å²) in [6, 6.07) is 27.7. The second-order valence-electron chi connectivity index (χ2n) is 6.56. The van der Waals surface area contributed by atoms with E-state index in [1.165, 1.54) is 11.1 Å². The van der Waals surface area contributed by atoms with Crippen molar-refractivity contribution in [3.63, 3.8) is 0 Å². The molecule has 0 radical (unpaired) electrons. The maximum atomic E-state index is 11.0. The number of nitrogens with two attached hydrogens (primary N) is 1. The summed E-state index contributed by atoms with van der Waals surface area (Å²) in [5.41, 5.74) is 12.1. The third-order valence-electron chi connectivity index (χ3n) is 4.50. The van der Waals surface area contributed by atoms with E-state index in [4.69, 9.17) is 5.73 Å². The van der Waals surface area contributed by atoms with Crippen LogP contribution in [0.2, 0.25) is 0 Å². The van der Waals surface area contributed by atoms with Crippen LogP contribution < -0.4 is 11.1 Å². The summed E-state index contributed by atoms with van der Waals surface area (Å²) in [7, 11) is 0. The maximum Gasteiger partial charge on any atom is 0.316 e. The van der Waals surface area contributed by atoms with Crippen molar-refractivity contribution in [2.24, 2.45) is 5.73 Å². The number of amides is 2. The molecule has 1 aromatic heterocycles. The number of primary amides is 1. The Morgan fingerprint density at radius 2 is 1.46 bits per heavy atom. The van der Waals surface area contributed by atoms with Gasteiger partial charge in [-0.2, -0.15) is 5.10 Å². The molecular formula is C23H20N4O. The third kappa shape index (κ3) is 3.64. The van der Waals surface area contributed by atoms with E-state index in [1.807, 2.05) is 41.9 Å². The van der Waals surface area contributed by atoms with Crippen molar-refractivity contribution in [3.8, 4) is 28.1 Å². The molecule has 0 aliphatic heterocycles. The minimum Gasteiger partial charge on any atom is -0.351 e. The predicted molar refractivity (Wildman–Crippen MR) is 112 cm³/mol. The van der Waals surface area contributed by atoms with Crippen molar-refractivity contribution in [2.75, 3.05) is 5.32 Å². The third-order valence-corrected chi connectivity index (χ3v) is 4.50. The van der Waals surface area contributed by atoms with Crippen molar-refractivity contribution < 1.29 is 4.79 Å². The number of nitrogens with zero attached hydrogens (tertiary/aromatic N) is 2. The molecule has 5 nitrogen and oxygen atoms in total. The van der Waals surface area contributed by atoms with E-state index in [0.717, 1.165) is 22.6 Å². The second-order valence-corrected chi connectivity index (χ2v) is 6.56.